The second kappa shape index (κ2) is 8.89. The second-order valence-electron chi connectivity index (χ2n) is 6.03. The molecule has 26 heavy (non-hydrogen) atoms. The Morgan fingerprint density at radius 2 is 1.96 bits per heavy atom. The van der Waals surface area contributed by atoms with Crippen LogP contribution in [0, 0.1) is 0 Å². The van der Waals surface area contributed by atoms with Gasteiger partial charge < -0.3 is 25.2 Å². The molecule has 2 aromatic rings. The molecule has 6 nitrogen and oxygen atoms in total. The Hall–Kier alpha value is -2.28. The van der Waals surface area contributed by atoms with Gasteiger partial charge in [-0.25, -0.2) is 0 Å². The lowest BCUT2D eigenvalue weighted by molar-refractivity contribution is -0.0217. The number of amides is 1. The van der Waals surface area contributed by atoms with Crippen molar-refractivity contribution in [3.05, 3.63) is 59.1 Å². The van der Waals surface area contributed by atoms with Crippen molar-refractivity contribution < 1.29 is 19.4 Å². The van der Waals surface area contributed by atoms with Crippen LogP contribution in [0.5, 0.6) is 11.5 Å². The Labute approximate surface area is 157 Å². The molecule has 0 unspecified atom stereocenters. The zero-order valence-electron chi connectivity index (χ0n) is 14.2. The van der Waals surface area contributed by atoms with Crippen LogP contribution >= 0.6 is 11.6 Å². The topological polar surface area (TPSA) is 79.8 Å². The van der Waals surface area contributed by atoms with E-state index in [1.807, 2.05) is 0 Å². The lowest BCUT2D eigenvalue weighted by Gasteiger charge is -2.29. The van der Waals surface area contributed by atoms with Crippen LogP contribution < -0.4 is 15.4 Å². The van der Waals surface area contributed by atoms with Crippen LogP contribution in [0.15, 0.2) is 48.5 Å². The highest BCUT2D eigenvalue weighted by Crippen LogP contribution is 2.18. The summed E-state index contributed by atoms with van der Waals surface area (Å²) in [7, 11) is 0. The van der Waals surface area contributed by atoms with Gasteiger partial charge in [0.15, 0.2) is 0 Å². The van der Waals surface area contributed by atoms with Crippen molar-refractivity contribution in [2.24, 2.45) is 0 Å². The number of hydrogen-bond donors (Lipinski definition) is 3. The molecule has 0 spiro atoms. The van der Waals surface area contributed by atoms with Crippen molar-refractivity contribution in [1.29, 1.82) is 0 Å². The molecular formula is C19H21ClN2O4. The lowest BCUT2D eigenvalue weighted by atomic mass is 10.2. The number of benzene rings is 2. The van der Waals surface area contributed by atoms with E-state index in [9.17, 15) is 9.90 Å². The number of carbonyl (C=O) groups is 1. The summed E-state index contributed by atoms with van der Waals surface area (Å²) in [6.07, 6.45) is -0.202. The summed E-state index contributed by atoms with van der Waals surface area (Å²) in [6.45, 7) is 2.22. The number of para-hydroxylation sites is 1. The van der Waals surface area contributed by atoms with E-state index in [1.54, 1.807) is 42.5 Å². The fourth-order valence-electron chi connectivity index (χ4n) is 2.43. The highest BCUT2D eigenvalue weighted by molar-refractivity contribution is 6.30. The summed E-state index contributed by atoms with van der Waals surface area (Å²) >= 11 is 5.89. The number of carbonyl (C=O) groups excluding carboxylic acids is 1. The molecule has 1 fully saturated rings. The average molecular weight is 377 g/mol. The normalized spacial score (nSPS) is 15.1. The maximum Gasteiger partial charge on any atom is 0.255 e. The van der Waals surface area contributed by atoms with Crippen LogP contribution in [-0.2, 0) is 4.74 Å². The van der Waals surface area contributed by atoms with Gasteiger partial charge in [0.1, 0.15) is 17.6 Å². The average Bonchev–Trinajstić information content (AvgIpc) is 2.60. The van der Waals surface area contributed by atoms with Crippen LogP contribution in [0.1, 0.15) is 10.4 Å². The van der Waals surface area contributed by atoms with Crippen LogP contribution in [0.4, 0.5) is 0 Å². The van der Waals surface area contributed by atoms with E-state index >= 15 is 0 Å². The van der Waals surface area contributed by atoms with Crippen LogP contribution in [-0.4, -0.2) is 49.5 Å². The zero-order valence-corrected chi connectivity index (χ0v) is 14.9. The first-order valence-electron chi connectivity index (χ1n) is 8.42. The SMILES string of the molecule is O=C(NC[C@@H](COC1CNC1)Oc1ccc(Cl)cc1)c1ccccc1O. The van der Waals surface area contributed by atoms with E-state index in [-0.39, 0.29) is 36.0 Å². The molecule has 1 amide bonds. The van der Waals surface area contributed by atoms with Gasteiger partial charge in [0, 0.05) is 18.1 Å². The molecular weight excluding hydrogens is 356 g/mol. The van der Waals surface area contributed by atoms with Gasteiger partial charge in [0.2, 0.25) is 0 Å². The van der Waals surface area contributed by atoms with E-state index in [4.69, 9.17) is 21.1 Å². The largest absolute Gasteiger partial charge is 0.507 e. The monoisotopic (exact) mass is 376 g/mol. The maximum absolute atomic E-state index is 12.3. The number of phenolic OH excluding ortho intramolecular Hbond substituents is 1. The molecule has 1 aliphatic heterocycles. The molecule has 0 aliphatic carbocycles. The van der Waals surface area contributed by atoms with Crippen molar-refractivity contribution in [3.63, 3.8) is 0 Å². The fourth-order valence-corrected chi connectivity index (χ4v) is 2.56. The minimum atomic E-state index is -0.369. The Bertz CT molecular complexity index is 735. The first-order valence-corrected chi connectivity index (χ1v) is 8.80. The van der Waals surface area contributed by atoms with Crippen molar-refractivity contribution in [2.75, 3.05) is 26.2 Å². The van der Waals surface area contributed by atoms with Gasteiger partial charge in [-0.05, 0) is 36.4 Å². The van der Waals surface area contributed by atoms with E-state index in [2.05, 4.69) is 10.6 Å². The van der Waals surface area contributed by atoms with Crippen LogP contribution in [0.3, 0.4) is 0 Å². The summed E-state index contributed by atoms with van der Waals surface area (Å²) in [5, 5.41) is 16.3. The fraction of sp³-hybridized carbons (Fsp3) is 0.316. The van der Waals surface area contributed by atoms with E-state index in [0.717, 1.165) is 13.1 Å². The second-order valence-corrected chi connectivity index (χ2v) is 6.47. The first kappa shape index (κ1) is 18.5. The van der Waals surface area contributed by atoms with E-state index in [1.165, 1.54) is 6.07 Å². The van der Waals surface area contributed by atoms with Crippen molar-refractivity contribution >= 4 is 17.5 Å². The molecule has 2 aromatic carbocycles. The summed E-state index contributed by atoms with van der Waals surface area (Å²) < 4.78 is 11.7. The Morgan fingerprint density at radius 1 is 1.23 bits per heavy atom. The number of ether oxygens (including phenoxy) is 2. The molecule has 0 radical (unpaired) electrons. The molecule has 3 N–H and O–H groups in total. The molecule has 1 aliphatic rings. The number of phenols is 1. The zero-order chi connectivity index (χ0) is 18.4. The molecule has 3 rings (SSSR count). The Balaban J connectivity index is 1.59. The van der Waals surface area contributed by atoms with Crippen molar-refractivity contribution in [2.45, 2.75) is 12.2 Å². The minimum absolute atomic E-state index is 0.0584. The number of nitrogens with one attached hydrogen (secondary N) is 2. The number of aromatic hydroxyl groups is 1. The highest BCUT2D eigenvalue weighted by atomic mass is 35.5. The Kier molecular flexibility index (Phi) is 6.33. The molecule has 1 atom stereocenters. The maximum atomic E-state index is 12.3. The van der Waals surface area contributed by atoms with Gasteiger partial charge >= 0.3 is 0 Å². The summed E-state index contributed by atoms with van der Waals surface area (Å²) in [4.78, 5) is 12.3. The molecule has 7 heteroatoms. The van der Waals surface area contributed by atoms with Gasteiger partial charge in [-0.3, -0.25) is 4.79 Å². The predicted molar refractivity (Wildman–Crippen MR) is 98.9 cm³/mol. The summed E-state index contributed by atoms with van der Waals surface area (Å²) in [6, 6.07) is 13.4. The van der Waals surface area contributed by atoms with Gasteiger partial charge in [0.05, 0.1) is 24.8 Å². The number of hydrogen-bond acceptors (Lipinski definition) is 5. The Morgan fingerprint density at radius 3 is 2.62 bits per heavy atom. The van der Waals surface area contributed by atoms with Crippen LogP contribution in [0.25, 0.3) is 0 Å². The molecule has 0 saturated carbocycles. The van der Waals surface area contributed by atoms with Gasteiger partial charge in [-0.1, -0.05) is 23.7 Å². The van der Waals surface area contributed by atoms with Gasteiger partial charge in [-0.2, -0.15) is 0 Å². The van der Waals surface area contributed by atoms with E-state index < -0.39 is 0 Å². The quantitative estimate of drug-likeness (QED) is 0.658. The third kappa shape index (κ3) is 5.11. The number of rotatable bonds is 8. The predicted octanol–water partition coefficient (Wildman–Crippen LogP) is 2.21. The standard InChI is InChI=1S/C19H21ClN2O4/c20-13-5-7-14(8-6-13)26-16(12-25-15-9-21-10-15)11-22-19(24)17-3-1-2-4-18(17)23/h1-8,15-16,21,23H,9-12H2,(H,22,24)/t16-/m0/s1. The van der Waals surface area contributed by atoms with Gasteiger partial charge in [0.25, 0.3) is 5.91 Å². The third-order valence-electron chi connectivity index (χ3n) is 4.02. The highest BCUT2D eigenvalue weighted by Gasteiger charge is 2.21. The summed E-state index contributed by atoms with van der Waals surface area (Å²) in [5.41, 5.74) is 0.224. The van der Waals surface area contributed by atoms with Crippen molar-refractivity contribution in [1.82, 2.24) is 10.6 Å². The minimum Gasteiger partial charge on any atom is -0.507 e. The lowest BCUT2D eigenvalue weighted by Crippen LogP contribution is -2.50. The molecule has 138 valence electrons. The smallest absolute Gasteiger partial charge is 0.255 e. The van der Waals surface area contributed by atoms with E-state index in [0.29, 0.717) is 17.4 Å². The molecule has 0 bridgehead atoms. The van der Waals surface area contributed by atoms with Crippen molar-refractivity contribution in [3.8, 4) is 11.5 Å². The van der Waals surface area contributed by atoms with Gasteiger partial charge in [-0.15, -0.1) is 0 Å². The van der Waals surface area contributed by atoms with Crippen LogP contribution in [0.2, 0.25) is 5.02 Å². The molecule has 1 saturated heterocycles. The third-order valence-corrected chi connectivity index (χ3v) is 4.27. The first-order chi connectivity index (χ1) is 12.6. The molecule has 0 aromatic heterocycles. The summed E-state index contributed by atoms with van der Waals surface area (Å²) in [5.74, 6) is 0.224. The molecule has 1 heterocycles. The number of halogens is 1.